The lowest BCUT2D eigenvalue weighted by atomic mass is 10.1. The number of hydrogen-bond donors (Lipinski definition) is 1. The summed E-state index contributed by atoms with van der Waals surface area (Å²) in [5.41, 5.74) is 0. The Morgan fingerprint density at radius 2 is 1.44 bits per heavy atom. The maximum atomic E-state index is 10.2. The molecule has 1 atom stereocenters. The van der Waals surface area contributed by atoms with Crippen molar-refractivity contribution in [2.24, 2.45) is 0 Å². The molecule has 18 heavy (non-hydrogen) atoms. The molecule has 0 rings (SSSR count). The topological polar surface area (TPSA) is 46.5 Å². The second kappa shape index (κ2) is 14.7. The Morgan fingerprint density at radius 1 is 0.944 bits per heavy atom. The van der Waals surface area contributed by atoms with Crippen LogP contribution in [0.2, 0.25) is 0 Å². The average molecular weight is 275 g/mol. The van der Waals surface area contributed by atoms with Crippen molar-refractivity contribution in [2.45, 2.75) is 77.6 Å². The van der Waals surface area contributed by atoms with Crippen LogP contribution in [0.4, 0.5) is 0 Å². The lowest BCUT2D eigenvalue weighted by molar-refractivity contribution is 0.377. The highest BCUT2D eigenvalue weighted by Gasteiger charge is 2.06. The number of allylic oxidation sites excluding steroid dienone is 1. The van der Waals surface area contributed by atoms with E-state index in [1.165, 1.54) is 64.0 Å². The molecule has 1 unspecified atom stereocenters. The maximum absolute atomic E-state index is 10.2. The Balaban J connectivity index is 3.03. The molecular weight excluding hydrogens is 247 g/mol. The van der Waals surface area contributed by atoms with Gasteiger partial charge < -0.3 is 0 Å². The minimum atomic E-state index is -2.48. The summed E-state index contributed by atoms with van der Waals surface area (Å²) in [5, 5.41) is 0. The lowest BCUT2D eigenvalue weighted by Crippen LogP contribution is -1.81. The minimum Gasteiger partial charge on any atom is -0.238 e. The van der Waals surface area contributed by atoms with Crippen LogP contribution in [0.3, 0.4) is 0 Å². The predicted molar refractivity (Wildman–Crippen MR) is 76.5 cm³/mol. The standard InChI is InChI=1S/C14H27O3P/c1-2-3-4-5-6-7-8-9-10-11-12-13-14-17-18(15)16/h13-14H,2-12H2,1H3/p+1. The van der Waals surface area contributed by atoms with Gasteiger partial charge in [-0.1, -0.05) is 64.7 Å². The molecule has 0 radical (unpaired) electrons. The molecule has 106 valence electrons. The molecular formula is C14H28O3P+. The number of unbranched alkanes of at least 4 members (excludes halogenated alkanes) is 10. The third kappa shape index (κ3) is 15.6. The van der Waals surface area contributed by atoms with E-state index in [0.29, 0.717) is 0 Å². The number of hydrogen-bond acceptors (Lipinski definition) is 2. The molecule has 0 aliphatic rings. The van der Waals surface area contributed by atoms with Crippen molar-refractivity contribution in [3.05, 3.63) is 12.3 Å². The van der Waals surface area contributed by atoms with Gasteiger partial charge >= 0.3 is 8.25 Å². The number of rotatable bonds is 13. The first-order valence-corrected chi connectivity index (χ1v) is 8.38. The molecule has 0 aromatic rings. The van der Waals surface area contributed by atoms with Gasteiger partial charge in [-0.05, 0) is 18.9 Å². The predicted octanol–water partition coefficient (Wildman–Crippen LogP) is 5.48. The molecule has 4 heteroatoms. The van der Waals surface area contributed by atoms with Crippen LogP contribution in [0.5, 0.6) is 0 Å². The van der Waals surface area contributed by atoms with Gasteiger partial charge in [0.2, 0.25) is 0 Å². The second-order valence-corrected chi connectivity index (χ2v) is 5.37. The molecule has 1 N–H and O–H groups in total. The molecule has 0 spiro atoms. The van der Waals surface area contributed by atoms with E-state index < -0.39 is 8.25 Å². The molecule has 0 heterocycles. The SMILES string of the molecule is CCCCCCCCCCCCC=CO[P+](=O)O. The highest BCUT2D eigenvalue weighted by Crippen LogP contribution is 2.15. The van der Waals surface area contributed by atoms with Crippen molar-refractivity contribution in [2.75, 3.05) is 0 Å². The molecule has 3 nitrogen and oxygen atoms in total. The summed E-state index contributed by atoms with van der Waals surface area (Å²) >= 11 is 0. The van der Waals surface area contributed by atoms with Gasteiger partial charge in [-0.25, -0.2) is 4.52 Å². The third-order valence-electron chi connectivity index (χ3n) is 2.97. The van der Waals surface area contributed by atoms with Gasteiger partial charge in [0.25, 0.3) is 0 Å². The van der Waals surface area contributed by atoms with Crippen molar-refractivity contribution in [1.29, 1.82) is 0 Å². The monoisotopic (exact) mass is 275 g/mol. The van der Waals surface area contributed by atoms with Crippen LogP contribution in [0.15, 0.2) is 12.3 Å². The Kier molecular flexibility index (Phi) is 14.3. The summed E-state index contributed by atoms with van der Waals surface area (Å²) in [6.07, 6.45) is 17.3. The van der Waals surface area contributed by atoms with Crippen molar-refractivity contribution < 1.29 is 14.0 Å². The quantitative estimate of drug-likeness (QED) is 0.275. The van der Waals surface area contributed by atoms with E-state index in [9.17, 15) is 4.57 Å². The molecule has 0 saturated heterocycles. The van der Waals surface area contributed by atoms with E-state index in [4.69, 9.17) is 4.89 Å². The van der Waals surface area contributed by atoms with E-state index in [1.54, 1.807) is 0 Å². The van der Waals surface area contributed by atoms with Crippen LogP contribution in [-0.2, 0) is 9.09 Å². The van der Waals surface area contributed by atoms with Crippen LogP contribution < -0.4 is 0 Å². The summed E-state index contributed by atoms with van der Waals surface area (Å²) in [6, 6.07) is 0. The summed E-state index contributed by atoms with van der Waals surface area (Å²) < 4.78 is 14.6. The summed E-state index contributed by atoms with van der Waals surface area (Å²) in [7, 11) is -2.48. The lowest BCUT2D eigenvalue weighted by Gasteiger charge is -2.00. The summed E-state index contributed by atoms with van der Waals surface area (Å²) in [5.74, 6) is 0. The van der Waals surface area contributed by atoms with E-state index in [2.05, 4.69) is 11.4 Å². The zero-order chi connectivity index (χ0) is 13.5. The third-order valence-corrected chi connectivity index (χ3v) is 3.27. The second-order valence-electron chi connectivity index (χ2n) is 4.69. The molecule has 0 saturated carbocycles. The van der Waals surface area contributed by atoms with Gasteiger partial charge in [0.15, 0.2) is 0 Å². The zero-order valence-corrected chi connectivity index (χ0v) is 12.5. The van der Waals surface area contributed by atoms with Crippen molar-refractivity contribution in [3.63, 3.8) is 0 Å². The van der Waals surface area contributed by atoms with Crippen molar-refractivity contribution in [3.8, 4) is 0 Å². The average Bonchev–Trinajstić information content (AvgIpc) is 2.34. The molecule has 0 bridgehead atoms. The Labute approximate surface area is 113 Å². The largest absolute Gasteiger partial charge is 0.746 e. The van der Waals surface area contributed by atoms with Gasteiger partial charge in [-0.15, -0.1) is 4.89 Å². The van der Waals surface area contributed by atoms with Crippen LogP contribution >= 0.6 is 8.25 Å². The van der Waals surface area contributed by atoms with Gasteiger partial charge in [0, 0.05) is 4.57 Å². The van der Waals surface area contributed by atoms with Crippen LogP contribution in [-0.4, -0.2) is 4.89 Å². The first-order chi connectivity index (χ1) is 8.77. The summed E-state index contributed by atoms with van der Waals surface area (Å²) in [4.78, 5) is 8.37. The first-order valence-electron chi connectivity index (χ1n) is 7.25. The molecule has 0 aliphatic carbocycles. The van der Waals surface area contributed by atoms with Crippen molar-refractivity contribution >= 4 is 8.25 Å². The maximum Gasteiger partial charge on any atom is 0.746 e. The molecule has 0 amide bonds. The van der Waals surface area contributed by atoms with Gasteiger partial charge in [-0.2, -0.15) is 0 Å². The van der Waals surface area contributed by atoms with Gasteiger partial charge in [-0.3, -0.25) is 0 Å². The highest BCUT2D eigenvalue weighted by molar-refractivity contribution is 7.32. The van der Waals surface area contributed by atoms with E-state index >= 15 is 0 Å². The Hall–Kier alpha value is -0.400. The fourth-order valence-corrected chi connectivity index (χ4v) is 2.10. The van der Waals surface area contributed by atoms with E-state index in [1.807, 2.05) is 6.08 Å². The van der Waals surface area contributed by atoms with Crippen LogP contribution in [0.25, 0.3) is 0 Å². The van der Waals surface area contributed by atoms with Crippen LogP contribution in [0, 0.1) is 0 Å². The molecule has 0 aromatic heterocycles. The Morgan fingerprint density at radius 3 is 1.94 bits per heavy atom. The molecule has 0 aliphatic heterocycles. The Bertz CT molecular complexity index is 217. The zero-order valence-electron chi connectivity index (χ0n) is 11.6. The molecule has 0 aromatic carbocycles. The smallest absolute Gasteiger partial charge is 0.238 e. The van der Waals surface area contributed by atoms with E-state index in [-0.39, 0.29) is 0 Å². The normalized spacial score (nSPS) is 12.0. The summed E-state index contributed by atoms with van der Waals surface area (Å²) in [6.45, 7) is 2.25. The first kappa shape index (κ1) is 17.6. The van der Waals surface area contributed by atoms with E-state index in [0.717, 1.165) is 12.8 Å². The highest BCUT2D eigenvalue weighted by atomic mass is 31.1. The molecule has 0 fully saturated rings. The minimum absolute atomic E-state index is 0.930. The van der Waals surface area contributed by atoms with Crippen molar-refractivity contribution in [1.82, 2.24) is 0 Å². The van der Waals surface area contributed by atoms with Gasteiger partial charge in [0.1, 0.15) is 6.26 Å². The fourth-order valence-electron chi connectivity index (χ4n) is 1.91. The van der Waals surface area contributed by atoms with Crippen LogP contribution in [0.1, 0.15) is 77.6 Å². The fraction of sp³-hybridized carbons (Fsp3) is 0.857. The van der Waals surface area contributed by atoms with Gasteiger partial charge in [0.05, 0.1) is 0 Å².